The molecule has 1 amide bonds. The highest BCUT2D eigenvalue weighted by atomic mass is 16.2. The van der Waals surface area contributed by atoms with Gasteiger partial charge in [0.25, 0.3) is 0 Å². The van der Waals surface area contributed by atoms with Gasteiger partial charge in [-0.2, -0.15) is 5.26 Å². The number of aryl methyl sites for hydroxylation is 1. The summed E-state index contributed by atoms with van der Waals surface area (Å²) in [6.07, 6.45) is 3.10. The van der Waals surface area contributed by atoms with Crippen molar-refractivity contribution >= 4 is 11.6 Å². The second-order valence-electron chi connectivity index (χ2n) is 5.56. The number of nitrogens with one attached hydrogen (secondary N) is 1. The Hall–Kier alpha value is -2.75. The van der Waals surface area contributed by atoms with E-state index in [-0.39, 0.29) is 5.91 Å². The lowest BCUT2D eigenvalue weighted by atomic mass is 9.87. The number of tetrazole rings is 1. The van der Waals surface area contributed by atoms with Gasteiger partial charge in [0.15, 0.2) is 5.82 Å². The molecule has 1 aliphatic carbocycles. The quantitative estimate of drug-likeness (QED) is 0.933. The summed E-state index contributed by atoms with van der Waals surface area (Å²) < 4.78 is 1.56. The second kappa shape index (κ2) is 5.56. The first kappa shape index (κ1) is 14.2. The highest BCUT2D eigenvalue weighted by molar-refractivity contribution is 5.97. The van der Waals surface area contributed by atoms with Crippen molar-refractivity contribution in [1.82, 2.24) is 20.2 Å². The molecule has 1 fully saturated rings. The highest BCUT2D eigenvalue weighted by Crippen LogP contribution is 2.38. The molecule has 112 valence electrons. The van der Waals surface area contributed by atoms with Gasteiger partial charge in [-0.25, -0.2) is 4.68 Å². The Morgan fingerprint density at radius 3 is 2.82 bits per heavy atom. The number of nitrogens with zero attached hydrogens (tertiary/aromatic N) is 5. The molecule has 0 saturated heterocycles. The zero-order valence-electron chi connectivity index (χ0n) is 12.3. The zero-order valence-corrected chi connectivity index (χ0v) is 12.3. The molecule has 1 heterocycles. The Kier molecular flexibility index (Phi) is 3.59. The molecular formula is C15H16N6O. The maximum Gasteiger partial charge on any atom is 0.244 e. The molecule has 2 aromatic rings. The van der Waals surface area contributed by atoms with Crippen molar-refractivity contribution in [2.75, 3.05) is 5.32 Å². The van der Waals surface area contributed by atoms with E-state index in [9.17, 15) is 10.1 Å². The predicted octanol–water partition coefficient (Wildman–Crippen LogP) is 1.90. The average Bonchev–Trinajstić information content (AvgIpc) is 3.17. The van der Waals surface area contributed by atoms with Crippen LogP contribution >= 0.6 is 0 Å². The summed E-state index contributed by atoms with van der Waals surface area (Å²) >= 11 is 0. The van der Waals surface area contributed by atoms with Gasteiger partial charge in [-0.1, -0.05) is 25.0 Å². The van der Waals surface area contributed by atoms with Crippen molar-refractivity contribution in [1.29, 1.82) is 5.26 Å². The first-order chi connectivity index (χ1) is 10.6. The third-order valence-corrected chi connectivity index (χ3v) is 4.10. The Labute approximate surface area is 127 Å². The molecule has 0 aliphatic heterocycles. The van der Waals surface area contributed by atoms with Crippen LogP contribution in [0, 0.1) is 16.7 Å². The monoisotopic (exact) mass is 296 g/mol. The molecule has 1 N–H and O–H groups in total. The van der Waals surface area contributed by atoms with Crippen LogP contribution in [0.5, 0.6) is 0 Å². The van der Waals surface area contributed by atoms with Crippen LogP contribution < -0.4 is 5.32 Å². The number of anilines is 1. The molecule has 0 atom stereocenters. The average molecular weight is 296 g/mol. The van der Waals surface area contributed by atoms with Crippen LogP contribution in [-0.4, -0.2) is 26.1 Å². The minimum absolute atomic E-state index is 0.222. The second-order valence-corrected chi connectivity index (χ2v) is 5.56. The fraction of sp³-hybridized carbons (Fsp3) is 0.400. The van der Waals surface area contributed by atoms with Crippen LogP contribution in [0.1, 0.15) is 25.7 Å². The maximum absolute atomic E-state index is 12.5. The molecule has 1 aromatic carbocycles. The number of carbonyl (C=O) groups excluding carboxylic acids is 1. The van der Waals surface area contributed by atoms with E-state index >= 15 is 0 Å². The zero-order chi connectivity index (χ0) is 15.6. The molecule has 0 radical (unpaired) electrons. The van der Waals surface area contributed by atoms with E-state index in [1.54, 1.807) is 17.8 Å². The minimum atomic E-state index is -0.887. The van der Waals surface area contributed by atoms with Crippen LogP contribution in [0.2, 0.25) is 0 Å². The molecule has 1 aliphatic rings. The van der Waals surface area contributed by atoms with Gasteiger partial charge in [-0.15, -0.1) is 5.10 Å². The van der Waals surface area contributed by atoms with E-state index in [4.69, 9.17) is 0 Å². The summed E-state index contributed by atoms with van der Waals surface area (Å²) in [6.45, 7) is 0. The summed E-state index contributed by atoms with van der Waals surface area (Å²) in [5.41, 5.74) is 0.567. The summed E-state index contributed by atoms with van der Waals surface area (Å²) in [4.78, 5) is 12.5. The fourth-order valence-electron chi connectivity index (χ4n) is 2.83. The van der Waals surface area contributed by atoms with Crippen molar-refractivity contribution in [3.63, 3.8) is 0 Å². The normalized spacial score (nSPS) is 16.2. The molecular weight excluding hydrogens is 280 g/mol. The lowest BCUT2D eigenvalue weighted by Gasteiger charge is -2.19. The largest absolute Gasteiger partial charge is 0.325 e. The predicted molar refractivity (Wildman–Crippen MR) is 79.4 cm³/mol. The van der Waals surface area contributed by atoms with E-state index in [1.165, 1.54) is 0 Å². The van der Waals surface area contributed by atoms with Crippen LogP contribution in [0.25, 0.3) is 11.4 Å². The molecule has 0 unspecified atom stereocenters. The number of amides is 1. The van der Waals surface area contributed by atoms with Gasteiger partial charge in [-0.3, -0.25) is 4.79 Å². The Morgan fingerprint density at radius 2 is 2.18 bits per heavy atom. The van der Waals surface area contributed by atoms with Crippen LogP contribution in [-0.2, 0) is 11.8 Å². The minimum Gasteiger partial charge on any atom is -0.325 e. The first-order valence-electron chi connectivity index (χ1n) is 7.20. The van der Waals surface area contributed by atoms with Crippen molar-refractivity contribution in [2.24, 2.45) is 12.5 Å². The summed E-state index contributed by atoms with van der Waals surface area (Å²) in [7, 11) is 1.75. The standard InChI is InChI=1S/C15H16N6O/c1-21-13(18-19-20-21)11-5-4-6-12(9-11)17-14(22)15(10-16)7-2-3-8-15/h4-6,9H,2-3,7-8H2,1H3,(H,17,22). The van der Waals surface area contributed by atoms with Gasteiger partial charge in [0.05, 0.1) is 6.07 Å². The molecule has 0 spiro atoms. The lowest BCUT2D eigenvalue weighted by Crippen LogP contribution is -2.32. The fourth-order valence-corrected chi connectivity index (χ4v) is 2.83. The third-order valence-electron chi connectivity index (χ3n) is 4.10. The first-order valence-corrected chi connectivity index (χ1v) is 7.20. The van der Waals surface area contributed by atoms with Crippen LogP contribution in [0.15, 0.2) is 24.3 Å². The topological polar surface area (TPSA) is 96.5 Å². The maximum atomic E-state index is 12.5. The smallest absolute Gasteiger partial charge is 0.244 e. The number of nitriles is 1. The number of rotatable bonds is 3. The Morgan fingerprint density at radius 1 is 1.41 bits per heavy atom. The van der Waals surface area contributed by atoms with Crippen molar-refractivity contribution in [2.45, 2.75) is 25.7 Å². The summed E-state index contributed by atoms with van der Waals surface area (Å²) in [5.74, 6) is 0.396. The number of carbonyl (C=O) groups is 1. The molecule has 0 bridgehead atoms. The van der Waals surface area contributed by atoms with Crippen LogP contribution in [0.3, 0.4) is 0 Å². The SMILES string of the molecule is Cn1nnnc1-c1cccc(NC(=O)C2(C#N)CCCC2)c1. The van der Waals surface area contributed by atoms with Gasteiger partial charge in [0.1, 0.15) is 5.41 Å². The van der Waals surface area contributed by atoms with E-state index in [0.29, 0.717) is 24.4 Å². The molecule has 1 saturated carbocycles. The van der Waals surface area contributed by atoms with Gasteiger partial charge in [0.2, 0.25) is 5.91 Å². The molecule has 7 heteroatoms. The van der Waals surface area contributed by atoms with Gasteiger partial charge in [0, 0.05) is 18.3 Å². The summed E-state index contributed by atoms with van der Waals surface area (Å²) in [5, 5.41) is 23.6. The van der Waals surface area contributed by atoms with E-state index in [0.717, 1.165) is 18.4 Å². The van der Waals surface area contributed by atoms with Gasteiger partial charge in [-0.05, 0) is 35.4 Å². The number of hydrogen-bond acceptors (Lipinski definition) is 5. The number of aromatic nitrogens is 4. The Bertz CT molecular complexity index is 738. The van der Waals surface area contributed by atoms with Gasteiger partial charge >= 0.3 is 0 Å². The molecule has 7 nitrogen and oxygen atoms in total. The van der Waals surface area contributed by atoms with Crippen molar-refractivity contribution in [3.8, 4) is 17.5 Å². The Balaban J connectivity index is 1.83. The van der Waals surface area contributed by atoms with E-state index in [1.807, 2.05) is 18.2 Å². The third kappa shape index (κ3) is 2.44. The molecule has 3 rings (SSSR count). The van der Waals surface area contributed by atoms with Gasteiger partial charge < -0.3 is 5.32 Å². The lowest BCUT2D eigenvalue weighted by molar-refractivity contribution is -0.122. The van der Waals surface area contributed by atoms with E-state index in [2.05, 4.69) is 26.9 Å². The summed E-state index contributed by atoms with van der Waals surface area (Å²) in [6, 6.07) is 9.50. The molecule has 1 aromatic heterocycles. The van der Waals surface area contributed by atoms with E-state index < -0.39 is 5.41 Å². The highest BCUT2D eigenvalue weighted by Gasteiger charge is 2.41. The van der Waals surface area contributed by atoms with Crippen LogP contribution in [0.4, 0.5) is 5.69 Å². The van der Waals surface area contributed by atoms with Crippen molar-refractivity contribution in [3.05, 3.63) is 24.3 Å². The molecule has 22 heavy (non-hydrogen) atoms. The number of hydrogen-bond donors (Lipinski definition) is 1. The van der Waals surface area contributed by atoms with Crippen molar-refractivity contribution < 1.29 is 4.79 Å². The number of benzene rings is 1.